The molecule has 82 valence electrons. The maximum absolute atomic E-state index is 11.1. The molecule has 0 aromatic heterocycles. The van der Waals surface area contributed by atoms with Crippen LogP contribution in [-0.2, 0) is 9.53 Å². The molecule has 2 nitrogen and oxygen atoms in total. The fraction of sp³-hybridized carbons (Fsp3) is 0.750. The quantitative estimate of drug-likeness (QED) is 0.356. The van der Waals surface area contributed by atoms with Crippen molar-refractivity contribution in [2.75, 3.05) is 6.61 Å². The Morgan fingerprint density at radius 2 is 2.07 bits per heavy atom. The van der Waals surface area contributed by atoms with Crippen LogP contribution < -0.4 is 0 Å². The lowest BCUT2D eigenvalue weighted by molar-refractivity contribution is -0.144. The van der Waals surface area contributed by atoms with Crippen molar-refractivity contribution in [3.63, 3.8) is 0 Å². The van der Waals surface area contributed by atoms with Crippen molar-refractivity contribution in [1.29, 1.82) is 0 Å². The topological polar surface area (TPSA) is 26.3 Å². The standard InChI is InChI=1S/C12H22O2/c1-4-5-6-7-8-9-12(13)14-10-11(2)3/h5-6,11H,4,7-10H2,1-3H3/b6-5+. The van der Waals surface area contributed by atoms with Gasteiger partial charge < -0.3 is 4.74 Å². The Morgan fingerprint density at radius 3 is 2.64 bits per heavy atom. The molecule has 0 aliphatic rings. The normalized spacial score (nSPS) is 11.1. The molecule has 0 unspecified atom stereocenters. The summed E-state index contributed by atoms with van der Waals surface area (Å²) >= 11 is 0. The average molecular weight is 198 g/mol. The van der Waals surface area contributed by atoms with Crippen LogP contribution in [0.2, 0.25) is 0 Å². The van der Waals surface area contributed by atoms with Crippen LogP contribution in [0.5, 0.6) is 0 Å². The summed E-state index contributed by atoms with van der Waals surface area (Å²) in [5, 5.41) is 0. The predicted molar refractivity (Wildman–Crippen MR) is 59.1 cm³/mol. The maximum atomic E-state index is 11.1. The van der Waals surface area contributed by atoms with E-state index in [4.69, 9.17) is 4.74 Å². The van der Waals surface area contributed by atoms with Crippen molar-refractivity contribution >= 4 is 5.97 Å². The Bertz CT molecular complexity index is 171. The number of unbranched alkanes of at least 4 members (excludes halogenated alkanes) is 1. The second-order valence-electron chi connectivity index (χ2n) is 3.85. The van der Waals surface area contributed by atoms with Gasteiger partial charge in [0.15, 0.2) is 0 Å². The summed E-state index contributed by atoms with van der Waals surface area (Å²) in [5.74, 6) is 0.363. The van der Waals surface area contributed by atoms with Crippen LogP contribution in [0.1, 0.15) is 46.5 Å². The average Bonchev–Trinajstić information content (AvgIpc) is 2.14. The van der Waals surface area contributed by atoms with E-state index in [1.165, 1.54) is 0 Å². The number of carbonyl (C=O) groups excluding carboxylic acids is 1. The van der Waals surface area contributed by atoms with Gasteiger partial charge in [0.2, 0.25) is 0 Å². The van der Waals surface area contributed by atoms with E-state index in [1.54, 1.807) is 0 Å². The zero-order valence-corrected chi connectivity index (χ0v) is 9.58. The molecule has 0 aliphatic heterocycles. The summed E-state index contributed by atoms with van der Waals surface area (Å²) in [6, 6.07) is 0. The van der Waals surface area contributed by atoms with E-state index < -0.39 is 0 Å². The molecule has 0 N–H and O–H groups in total. The smallest absolute Gasteiger partial charge is 0.305 e. The highest BCUT2D eigenvalue weighted by atomic mass is 16.5. The molecule has 14 heavy (non-hydrogen) atoms. The summed E-state index contributed by atoms with van der Waals surface area (Å²) < 4.78 is 5.05. The molecule has 0 amide bonds. The van der Waals surface area contributed by atoms with E-state index in [-0.39, 0.29) is 5.97 Å². The van der Waals surface area contributed by atoms with Crippen LogP contribution in [0.4, 0.5) is 0 Å². The van der Waals surface area contributed by atoms with Crippen LogP contribution in [0.3, 0.4) is 0 Å². The molecule has 2 heteroatoms. The summed E-state index contributed by atoms with van der Waals surface area (Å²) in [6.45, 7) is 6.73. The second kappa shape index (κ2) is 8.79. The number of esters is 1. The molecule has 0 saturated heterocycles. The number of carbonyl (C=O) groups is 1. The Morgan fingerprint density at radius 1 is 1.36 bits per heavy atom. The summed E-state index contributed by atoms with van der Waals surface area (Å²) in [4.78, 5) is 11.1. The zero-order chi connectivity index (χ0) is 10.8. The molecule has 0 radical (unpaired) electrons. The van der Waals surface area contributed by atoms with Crippen molar-refractivity contribution in [1.82, 2.24) is 0 Å². The van der Waals surface area contributed by atoms with Crippen LogP contribution in [0.15, 0.2) is 12.2 Å². The fourth-order valence-corrected chi connectivity index (χ4v) is 0.981. The van der Waals surface area contributed by atoms with Gasteiger partial charge in [-0.3, -0.25) is 4.79 Å². The highest BCUT2D eigenvalue weighted by Crippen LogP contribution is 2.01. The van der Waals surface area contributed by atoms with Gasteiger partial charge in [0.25, 0.3) is 0 Å². The minimum atomic E-state index is -0.0661. The third kappa shape index (κ3) is 9.30. The van der Waals surface area contributed by atoms with E-state index >= 15 is 0 Å². The van der Waals surface area contributed by atoms with E-state index in [1.807, 2.05) is 13.8 Å². The van der Waals surface area contributed by atoms with Gasteiger partial charge in [-0.05, 0) is 25.2 Å². The zero-order valence-electron chi connectivity index (χ0n) is 9.58. The van der Waals surface area contributed by atoms with E-state index in [9.17, 15) is 4.79 Å². The largest absolute Gasteiger partial charge is 0.465 e. The number of rotatable bonds is 7. The van der Waals surface area contributed by atoms with Gasteiger partial charge in [-0.25, -0.2) is 0 Å². The maximum Gasteiger partial charge on any atom is 0.305 e. The van der Waals surface area contributed by atoms with Crippen LogP contribution >= 0.6 is 0 Å². The van der Waals surface area contributed by atoms with Crippen LogP contribution in [0, 0.1) is 5.92 Å². The van der Waals surface area contributed by atoms with Gasteiger partial charge in [0.1, 0.15) is 0 Å². The highest BCUT2D eigenvalue weighted by Gasteiger charge is 2.02. The van der Waals surface area contributed by atoms with Gasteiger partial charge in [-0.15, -0.1) is 0 Å². The lowest BCUT2D eigenvalue weighted by Gasteiger charge is -2.06. The molecular formula is C12H22O2. The van der Waals surface area contributed by atoms with Crippen molar-refractivity contribution < 1.29 is 9.53 Å². The van der Waals surface area contributed by atoms with Gasteiger partial charge in [0.05, 0.1) is 6.61 Å². The van der Waals surface area contributed by atoms with Crippen molar-refractivity contribution in [3.8, 4) is 0 Å². The molecule has 0 spiro atoms. The molecule has 0 rings (SSSR count). The summed E-state index contributed by atoms with van der Waals surface area (Å²) in [6.07, 6.45) is 7.73. The van der Waals surface area contributed by atoms with Crippen LogP contribution in [0.25, 0.3) is 0 Å². The van der Waals surface area contributed by atoms with Crippen LogP contribution in [-0.4, -0.2) is 12.6 Å². The molecule has 0 bridgehead atoms. The van der Waals surface area contributed by atoms with E-state index in [2.05, 4.69) is 19.1 Å². The molecule has 0 aliphatic carbocycles. The lowest BCUT2D eigenvalue weighted by Crippen LogP contribution is -2.09. The lowest BCUT2D eigenvalue weighted by atomic mass is 10.2. The first-order valence-corrected chi connectivity index (χ1v) is 5.47. The molecule has 0 atom stereocenters. The Balaban J connectivity index is 3.31. The van der Waals surface area contributed by atoms with E-state index in [0.717, 1.165) is 19.3 Å². The first-order chi connectivity index (χ1) is 6.66. The van der Waals surface area contributed by atoms with Crippen molar-refractivity contribution in [2.24, 2.45) is 5.92 Å². The number of hydrogen-bond donors (Lipinski definition) is 0. The minimum Gasteiger partial charge on any atom is -0.465 e. The minimum absolute atomic E-state index is 0.0661. The number of hydrogen-bond acceptors (Lipinski definition) is 2. The van der Waals surface area contributed by atoms with Crippen molar-refractivity contribution in [2.45, 2.75) is 46.5 Å². The SMILES string of the molecule is CC/C=C/CCCC(=O)OCC(C)C. The van der Waals surface area contributed by atoms with Gasteiger partial charge in [-0.1, -0.05) is 32.9 Å². The first kappa shape index (κ1) is 13.2. The van der Waals surface area contributed by atoms with Gasteiger partial charge in [-0.2, -0.15) is 0 Å². The predicted octanol–water partition coefficient (Wildman–Crippen LogP) is 3.32. The Hall–Kier alpha value is -0.790. The molecule has 0 heterocycles. The Labute approximate surface area is 87.3 Å². The van der Waals surface area contributed by atoms with E-state index in [0.29, 0.717) is 18.9 Å². The molecule has 0 aromatic rings. The monoisotopic (exact) mass is 198 g/mol. The highest BCUT2D eigenvalue weighted by molar-refractivity contribution is 5.69. The second-order valence-corrected chi connectivity index (χ2v) is 3.85. The Kier molecular flexibility index (Phi) is 8.30. The third-order valence-electron chi connectivity index (χ3n) is 1.73. The molecule has 0 saturated carbocycles. The van der Waals surface area contributed by atoms with Gasteiger partial charge >= 0.3 is 5.97 Å². The number of ether oxygens (including phenoxy) is 1. The van der Waals surface area contributed by atoms with Gasteiger partial charge in [0, 0.05) is 6.42 Å². The first-order valence-electron chi connectivity index (χ1n) is 5.47. The molecule has 0 fully saturated rings. The molecular weight excluding hydrogens is 176 g/mol. The number of allylic oxidation sites excluding steroid dienone is 2. The third-order valence-corrected chi connectivity index (χ3v) is 1.73. The summed E-state index contributed by atoms with van der Waals surface area (Å²) in [5.41, 5.74) is 0. The molecule has 0 aromatic carbocycles. The fourth-order valence-electron chi connectivity index (χ4n) is 0.981. The van der Waals surface area contributed by atoms with Crippen molar-refractivity contribution in [3.05, 3.63) is 12.2 Å². The summed E-state index contributed by atoms with van der Waals surface area (Å²) in [7, 11) is 0.